The summed E-state index contributed by atoms with van der Waals surface area (Å²) in [5.41, 5.74) is 1.53. The molecule has 0 aliphatic rings. The van der Waals surface area contributed by atoms with Crippen LogP contribution in [0.2, 0.25) is 15.1 Å². The molecule has 0 bridgehead atoms. The molecule has 0 saturated carbocycles. The first-order valence-electron chi connectivity index (χ1n) is 8.46. The molecule has 3 aromatic rings. The van der Waals surface area contributed by atoms with Crippen LogP contribution in [0.5, 0.6) is 0 Å². The van der Waals surface area contributed by atoms with Crippen LogP contribution in [-0.4, -0.2) is 26.9 Å². The van der Waals surface area contributed by atoms with E-state index in [2.05, 4.69) is 4.98 Å². The molecule has 1 aromatic heterocycles. The van der Waals surface area contributed by atoms with E-state index >= 15 is 0 Å². The van der Waals surface area contributed by atoms with Crippen LogP contribution in [0.15, 0.2) is 54.9 Å². The minimum absolute atomic E-state index is 0.0618. The van der Waals surface area contributed by atoms with Crippen molar-refractivity contribution in [1.82, 2.24) is 14.5 Å². The fourth-order valence-electron chi connectivity index (χ4n) is 2.74. The summed E-state index contributed by atoms with van der Waals surface area (Å²) in [6, 6.07) is 12.3. The largest absolute Gasteiger partial charge is 0.331 e. The average molecular weight is 423 g/mol. The topological polar surface area (TPSA) is 38.1 Å². The van der Waals surface area contributed by atoms with Crippen molar-refractivity contribution in [3.8, 4) is 0 Å². The first-order valence-corrected chi connectivity index (χ1v) is 9.60. The Kier molecular flexibility index (Phi) is 6.42. The van der Waals surface area contributed by atoms with Crippen LogP contribution in [0.25, 0.3) is 0 Å². The van der Waals surface area contributed by atoms with Gasteiger partial charge in [-0.05, 0) is 48.9 Å². The molecular formula is C20H18Cl3N3O. The summed E-state index contributed by atoms with van der Waals surface area (Å²) in [6.07, 6.45) is 3.60. The van der Waals surface area contributed by atoms with Gasteiger partial charge in [0.15, 0.2) is 0 Å². The van der Waals surface area contributed by atoms with Gasteiger partial charge < -0.3 is 9.47 Å². The lowest BCUT2D eigenvalue weighted by atomic mass is 10.2. The number of hydrogen-bond donors (Lipinski definition) is 0. The van der Waals surface area contributed by atoms with Gasteiger partial charge >= 0.3 is 0 Å². The third kappa shape index (κ3) is 4.83. The van der Waals surface area contributed by atoms with Crippen LogP contribution in [-0.2, 0) is 13.1 Å². The lowest BCUT2D eigenvalue weighted by Crippen LogP contribution is -2.31. The highest BCUT2D eigenvalue weighted by molar-refractivity contribution is 6.35. The Morgan fingerprint density at radius 3 is 2.44 bits per heavy atom. The van der Waals surface area contributed by atoms with E-state index in [9.17, 15) is 4.79 Å². The fourth-order valence-corrected chi connectivity index (χ4v) is 3.34. The Hall–Kier alpha value is -2.01. The van der Waals surface area contributed by atoms with Crippen molar-refractivity contribution in [2.75, 3.05) is 6.54 Å². The predicted octanol–water partition coefficient (Wildman–Crippen LogP) is 5.55. The number of imidazole rings is 1. The highest BCUT2D eigenvalue weighted by Gasteiger charge is 2.17. The van der Waals surface area contributed by atoms with Crippen molar-refractivity contribution in [2.24, 2.45) is 0 Å². The van der Waals surface area contributed by atoms with Gasteiger partial charge in [-0.15, -0.1) is 0 Å². The predicted molar refractivity (Wildman–Crippen MR) is 110 cm³/mol. The number of halogens is 3. The average Bonchev–Trinajstić information content (AvgIpc) is 3.09. The summed E-state index contributed by atoms with van der Waals surface area (Å²) in [6.45, 7) is 3.46. The lowest BCUT2D eigenvalue weighted by Gasteiger charge is -2.21. The van der Waals surface area contributed by atoms with Gasteiger partial charge in [-0.3, -0.25) is 4.79 Å². The molecule has 0 aliphatic heterocycles. The number of rotatable bonds is 6. The summed E-state index contributed by atoms with van der Waals surface area (Å²) in [7, 11) is 0. The van der Waals surface area contributed by atoms with E-state index in [0.717, 1.165) is 11.4 Å². The maximum absolute atomic E-state index is 12.8. The van der Waals surface area contributed by atoms with Gasteiger partial charge in [-0.25, -0.2) is 4.98 Å². The molecular weight excluding hydrogens is 405 g/mol. The van der Waals surface area contributed by atoms with Crippen molar-refractivity contribution in [3.63, 3.8) is 0 Å². The third-order valence-corrected chi connectivity index (χ3v) is 5.09. The van der Waals surface area contributed by atoms with Gasteiger partial charge in [0.1, 0.15) is 5.82 Å². The highest BCUT2D eigenvalue weighted by atomic mass is 35.5. The second kappa shape index (κ2) is 8.79. The van der Waals surface area contributed by atoms with Crippen LogP contribution >= 0.6 is 34.8 Å². The molecule has 27 heavy (non-hydrogen) atoms. The molecule has 7 heteroatoms. The maximum Gasteiger partial charge on any atom is 0.254 e. The van der Waals surface area contributed by atoms with Crippen LogP contribution < -0.4 is 0 Å². The van der Waals surface area contributed by atoms with E-state index in [1.165, 1.54) is 0 Å². The molecule has 140 valence electrons. The smallest absolute Gasteiger partial charge is 0.254 e. The highest BCUT2D eigenvalue weighted by Crippen LogP contribution is 2.22. The maximum atomic E-state index is 12.8. The zero-order valence-electron chi connectivity index (χ0n) is 14.7. The summed E-state index contributed by atoms with van der Waals surface area (Å²) in [4.78, 5) is 18.9. The first kappa shape index (κ1) is 19.7. The Balaban J connectivity index is 1.77. The van der Waals surface area contributed by atoms with E-state index in [1.807, 2.05) is 29.8 Å². The quantitative estimate of drug-likeness (QED) is 0.522. The van der Waals surface area contributed by atoms with E-state index < -0.39 is 0 Å². The second-order valence-corrected chi connectivity index (χ2v) is 7.31. The summed E-state index contributed by atoms with van der Waals surface area (Å²) in [5.74, 6) is 0.721. The summed E-state index contributed by atoms with van der Waals surface area (Å²) in [5, 5.41) is 1.80. The third-order valence-electron chi connectivity index (χ3n) is 4.25. The summed E-state index contributed by atoms with van der Waals surface area (Å²) < 4.78 is 1.98. The molecule has 2 aromatic carbocycles. The number of benzene rings is 2. The molecule has 0 aliphatic carbocycles. The minimum atomic E-state index is -0.0618. The molecule has 0 unspecified atom stereocenters. The van der Waals surface area contributed by atoms with Crippen LogP contribution in [0.4, 0.5) is 0 Å². The van der Waals surface area contributed by atoms with Crippen molar-refractivity contribution < 1.29 is 4.79 Å². The van der Waals surface area contributed by atoms with Crippen LogP contribution in [0.3, 0.4) is 0 Å². The van der Waals surface area contributed by atoms with Gasteiger partial charge in [0.2, 0.25) is 0 Å². The first-order chi connectivity index (χ1) is 13.0. The van der Waals surface area contributed by atoms with Gasteiger partial charge in [0, 0.05) is 39.6 Å². The molecule has 0 spiro atoms. The molecule has 4 nitrogen and oxygen atoms in total. The summed E-state index contributed by atoms with van der Waals surface area (Å²) >= 11 is 18.2. The lowest BCUT2D eigenvalue weighted by molar-refractivity contribution is 0.0747. The van der Waals surface area contributed by atoms with Crippen LogP contribution in [0.1, 0.15) is 28.7 Å². The Labute approximate surface area is 173 Å². The number of carbonyl (C=O) groups is 1. The monoisotopic (exact) mass is 421 g/mol. The van der Waals surface area contributed by atoms with E-state index in [0.29, 0.717) is 40.3 Å². The molecule has 0 N–H and O–H groups in total. The molecule has 3 rings (SSSR count). The van der Waals surface area contributed by atoms with Gasteiger partial charge in [-0.1, -0.05) is 40.9 Å². The number of aromatic nitrogens is 2. The number of carbonyl (C=O) groups excluding carboxylic acids is 1. The van der Waals surface area contributed by atoms with Crippen molar-refractivity contribution in [1.29, 1.82) is 0 Å². The van der Waals surface area contributed by atoms with E-state index in [-0.39, 0.29) is 5.91 Å². The minimum Gasteiger partial charge on any atom is -0.331 e. The SMILES string of the molecule is CCN(Cc1nccn1Cc1ccc(Cl)cc1Cl)C(=O)c1ccc(Cl)cc1. The standard InChI is InChI=1S/C20H18Cl3N3O/c1-2-25(20(27)14-3-6-16(21)7-4-14)13-19-24-9-10-26(19)12-15-5-8-17(22)11-18(15)23/h3-11H,2,12-13H2,1H3. The van der Waals surface area contributed by atoms with Gasteiger partial charge in [0.25, 0.3) is 5.91 Å². The fraction of sp³-hybridized carbons (Fsp3) is 0.200. The van der Waals surface area contributed by atoms with Crippen molar-refractivity contribution in [2.45, 2.75) is 20.0 Å². The molecule has 1 heterocycles. The Morgan fingerprint density at radius 2 is 1.78 bits per heavy atom. The molecule has 0 radical (unpaired) electrons. The van der Waals surface area contributed by atoms with Crippen molar-refractivity contribution >= 4 is 40.7 Å². The van der Waals surface area contributed by atoms with Gasteiger partial charge in [-0.2, -0.15) is 0 Å². The molecule has 0 fully saturated rings. The molecule has 0 saturated heterocycles. The zero-order chi connectivity index (χ0) is 19.4. The Bertz CT molecular complexity index is 938. The van der Waals surface area contributed by atoms with Crippen molar-refractivity contribution in [3.05, 3.63) is 86.9 Å². The molecule has 0 atom stereocenters. The van der Waals surface area contributed by atoms with Gasteiger partial charge in [0.05, 0.1) is 13.1 Å². The second-order valence-electron chi connectivity index (χ2n) is 6.03. The molecule has 1 amide bonds. The van der Waals surface area contributed by atoms with E-state index in [4.69, 9.17) is 34.8 Å². The number of nitrogens with zero attached hydrogens (tertiary/aromatic N) is 3. The van der Waals surface area contributed by atoms with Crippen LogP contribution in [0, 0.1) is 0 Å². The zero-order valence-corrected chi connectivity index (χ0v) is 17.0. The number of hydrogen-bond acceptors (Lipinski definition) is 2. The normalized spacial score (nSPS) is 10.8. The Morgan fingerprint density at radius 1 is 1.07 bits per heavy atom. The number of amides is 1. The van der Waals surface area contributed by atoms with E-state index in [1.54, 1.807) is 41.4 Å².